The van der Waals surface area contributed by atoms with Gasteiger partial charge in [-0.25, -0.2) is 18.5 Å². The fourth-order valence-corrected chi connectivity index (χ4v) is 4.67. The zero-order chi connectivity index (χ0) is 25.2. The number of nitrogens with two attached hydrogens (primary N) is 1. The quantitative estimate of drug-likeness (QED) is 0.392. The van der Waals surface area contributed by atoms with Crippen LogP contribution in [0.4, 0.5) is 0 Å². The minimum absolute atomic E-state index is 0.0294. The van der Waals surface area contributed by atoms with Gasteiger partial charge < -0.3 is 5.32 Å². The minimum Gasteiger partial charge on any atom is -0.355 e. The van der Waals surface area contributed by atoms with Crippen LogP contribution in [0.25, 0.3) is 16.7 Å². The third kappa shape index (κ3) is 5.58. The second-order valence-electron chi connectivity index (χ2n) is 8.57. The number of imidazole rings is 1. The first-order valence-corrected chi connectivity index (χ1v) is 13.0. The van der Waals surface area contributed by atoms with Gasteiger partial charge in [0.1, 0.15) is 11.3 Å². The van der Waals surface area contributed by atoms with Gasteiger partial charge in [-0.1, -0.05) is 31.2 Å². The van der Waals surface area contributed by atoms with E-state index in [4.69, 9.17) is 10.1 Å². The van der Waals surface area contributed by atoms with Crippen LogP contribution in [-0.2, 0) is 34.1 Å². The van der Waals surface area contributed by atoms with Crippen LogP contribution in [0.3, 0.4) is 0 Å². The number of nitrogens with zero attached hydrogens (tertiary/aromatic N) is 3. The highest BCUT2D eigenvalue weighted by molar-refractivity contribution is 7.89. The average Bonchev–Trinajstić information content (AvgIpc) is 3.18. The maximum absolute atomic E-state index is 12.3. The molecule has 182 valence electrons. The summed E-state index contributed by atoms with van der Waals surface area (Å²) in [5.41, 5.74) is 6.77. The Hall–Kier alpha value is -3.56. The molecule has 4 aromatic rings. The number of aryl methyl sites for hydroxylation is 3. The second-order valence-corrected chi connectivity index (χ2v) is 10.1. The Bertz CT molecular complexity index is 1470. The van der Waals surface area contributed by atoms with Crippen LogP contribution in [0, 0.1) is 13.8 Å². The number of hydrogen-bond acceptors (Lipinski definition) is 5. The molecule has 0 aliphatic heterocycles. The number of rotatable bonds is 8. The van der Waals surface area contributed by atoms with Crippen molar-refractivity contribution in [1.29, 1.82) is 0 Å². The lowest BCUT2D eigenvalue weighted by Crippen LogP contribution is -2.27. The standard InChI is InChI=1S/C26H29N5O3S/c1-4-24-30-26-18(3)29-17(2)15-23(26)31(24)21-9-5-19(6-10-21)13-14-28-25(32)16-20-7-11-22(12-8-20)35(27,33)34/h5-12,15H,4,13-14,16H2,1-3H3,(H,28,32)(H2,27,33,34). The van der Waals surface area contributed by atoms with Gasteiger partial charge in [0.15, 0.2) is 0 Å². The molecule has 2 aromatic carbocycles. The number of nitrogens with one attached hydrogen (secondary N) is 1. The zero-order valence-corrected chi connectivity index (χ0v) is 20.9. The van der Waals surface area contributed by atoms with E-state index >= 15 is 0 Å². The molecule has 0 aliphatic carbocycles. The Balaban J connectivity index is 1.38. The lowest BCUT2D eigenvalue weighted by Gasteiger charge is -2.10. The van der Waals surface area contributed by atoms with Crippen molar-refractivity contribution in [2.75, 3.05) is 6.54 Å². The topological polar surface area (TPSA) is 120 Å². The zero-order valence-electron chi connectivity index (χ0n) is 20.1. The maximum atomic E-state index is 12.3. The van der Waals surface area contributed by atoms with Crippen molar-refractivity contribution in [3.05, 3.63) is 82.9 Å². The van der Waals surface area contributed by atoms with E-state index in [2.05, 4.69) is 52.1 Å². The van der Waals surface area contributed by atoms with E-state index in [1.165, 1.54) is 12.1 Å². The number of aromatic nitrogens is 3. The average molecular weight is 492 g/mol. The predicted octanol–water partition coefficient (Wildman–Crippen LogP) is 3.15. The summed E-state index contributed by atoms with van der Waals surface area (Å²) in [7, 11) is -3.74. The Morgan fingerprint density at radius 3 is 2.29 bits per heavy atom. The van der Waals surface area contributed by atoms with E-state index in [0.29, 0.717) is 13.0 Å². The number of benzene rings is 2. The molecule has 0 aliphatic rings. The van der Waals surface area contributed by atoms with Gasteiger partial charge in [-0.15, -0.1) is 0 Å². The predicted molar refractivity (Wildman–Crippen MR) is 136 cm³/mol. The first-order chi connectivity index (χ1) is 16.7. The van der Waals surface area contributed by atoms with Crippen molar-refractivity contribution in [3.63, 3.8) is 0 Å². The fraction of sp³-hybridized carbons (Fsp3) is 0.269. The number of carbonyl (C=O) groups is 1. The van der Waals surface area contributed by atoms with Crippen molar-refractivity contribution in [1.82, 2.24) is 19.9 Å². The number of fused-ring (bicyclic) bond motifs is 1. The molecule has 1 amide bonds. The van der Waals surface area contributed by atoms with Gasteiger partial charge in [0.05, 0.1) is 22.5 Å². The molecule has 0 unspecified atom stereocenters. The highest BCUT2D eigenvalue weighted by atomic mass is 32.2. The summed E-state index contributed by atoms with van der Waals surface area (Å²) in [5, 5.41) is 8.02. The van der Waals surface area contributed by atoms with Crippen LogP contribution in [0.2, 0.25) is 0 Å². The minimum atomic E-state index is -3.74. The molecule has 2 aromatic heterocycles. The van der Waals surface area contributed by atoms with Crippen molar-refractivity contribution in [2.45, 2.75) is 44.9 Å². The Morgan fingerprint density at radius 1 is 1.00 bits per heavy atom. The summed E-state index contributed by atoms with van der Waals surface area (Å²) in [6.45, 7) is 6.58. The molecule has 2 heterocycles. The smallest absolute Gasteiger partial charge is 0.238 e. The molecule has 4 rings (SSSR count). The molecule has 3 N–H and O–H groups in total. The van der Waals surface area contributed by atoms with Crippen LogP contribution in [0.5, 0.6) is 0 Å². The summed E-state index contributed by atoms with van der Waals surface area (Å²) < 4.78 is 24.9. The fourth-order valence-electron chi connectivity index (χ4n) is 4.16. The Morgan fingerprint density at radius 2 is 1.66 bits per heavy atom. The molecular weight excluding hydrogens is 462 g/mol. The Kier molecular flexibility index (Phi) is 7.00. The van der Waals surface area contributed by atoms with Gasteiger partial charge in [0.25, 0.3) is 0 Å². The second kappa shape index (κ2) is 9.97. The third-order valence-electron chi connectivity index (χ3n) is 5.88. The molecule has 0 saturated heterocycles. The number of sulfonamides is 1. The van der Waals surface area contributed by atoms with E-state index in [1.807, 2.05) is 13.8 Å². The largest absolute Gasteiger partial charge is 0.355 e. The molecule has 0 spiro atoms. The van der Waals surface area contributed by atoms with Crippen molar-refractivity contribution in [2.24, 2.45) is 5.14 Å². The molecule has 0 radical (unpaired) electrons. The van der Waals surface area contributed by atoms with Crippen molar-refractivity contribution < 1.29 is 13.2 Å². The van der Waals surface area contributed by atoms with Crippen LogP contribution in [0.1, 0.15) is 35.3 Å². The van der Waals surface area contributed by atoms with E-state index in [-0.39, 0.29) is 17.2 Å². The van der Waals surface area contributed by atoms with Gasteiger partial charge in [-0.2, -0.15) is 0 Å². The molecule has 0 atom stereocenters. The molecule has 0 saturated carbocycles. The molecule has 9 heteroatoms. The maximum Gasteiger partial charge on any atom is 0.238 e. The van der Waals surface area contributed by atoms with E-state index in [0.717, 1.165) is 51.5 Å². The highest BCUT2D eigenvalue weighted by Gasteiger charge is 2.14. The molecule has 0 bridgehead atoms. The highest BCUT2D eigenvalue weighted by Crippen LogP contribution is 2.24. The van der Waals surface area contributed by atoms with Crippen LogP contribution < -0.4 is 10.5 Å². The number of carbonyl (C=O) groups excluding carboxylic acids is 1. The number of hydrogen-bond donors (Lipinski definition) is 2. The summed E-state index contributed by atoms with van der Waals surface area (Å²) in [4.78, 5) is 21.7. The first kappa shape index (κ1) is 24.6. The lowest BCUT2D eigenvalue weighted by molar-refractivity contribution is -0.120. The lowest BCUT2D eigenvalue weighted by atomic mass is 10.1. The van der Waals surface area contributed by atoms with Crippen molar-refractivity contribution >= 4 is 27.0 Å². The molecular formula is C26H29N5O3S. The number of amides is 1. The van der Waals surface area contributed by atoms with E-state index < -0.39 is 10.0 Å². The summed E-state index contributed by atoms with van der Waals surface area (Å²) >= 11 is 0. The molecule has 35 heavy (non-hydrogen) atoms. The van der Waals surface area contributed by atoms with E-state index in [9.17, 15) is 13.2 Å². The number of primary sulfonamides is 1. The monoisotopic (exact) mass is 491 g/mol. The van der Waals surface area contributed by atoms with Crippen LogP contribution in [0.15, 0.2) is 59.5 Å². The normalized spacial score (nSPS) is 11.7. The van der Waals surface area contributed by atoms with Crippen LogP contribution >= 0.6 is 0 Å². The SMILES string of the molecule is CCc1nc2c(C)nc(C)cc2n1-c1ccc(CCNC(=O)Cc2ccc(S(N)(=O)=O)cc2)cc1. The van der Waals surface area contributed by atoms with Gasteiger partial charge in [0, 0.05) is 24.3 Å². The third-order valence-corrected chi connectivity index (χ3v) is 6.81. The first-order valence-electron chi connectivity index (χ1n) is 11.5. The summed E-state index contributed by atoms with van der Waals surface area (Å²) in [6.07, 6.45) is 1.68. The number of pyridine rings is 1. The van der Waals surface area contributed by atoms with Gasteiger partial charge in [-0.3, -0.25) is 14.3 Å². The Labute approximate surface area is 205 Å². The van der Waals surface area contributed by atoms with E-state index in [1.54, 1.807) is 12.1 Å². The van der Waals surface area contributed by atoms with Gasteiger partial charge >= 0.3 is 0 Å². The summed E-state index contributed by atoms with van der Waals surface area (Å²) in [5.74, 6) is 0.870. The molecule has 0 fully saturated rings. The summed E-state index contributed by atoms with van der Waals surface area (Å²) in [6, 6.07) is 16.4. The molecule has 8 nitrogen and oxygen atoms in total. The van der Waals surface area contributed by atoms with Crippen molar-refractivity contribution in [3.8, 4) is 5.69 Å². The van der Waals surface area contributed by atoms with Gasteiger partial charge in [0.2, 0.25) is 15.9 Å². The van der Waals surface area contributed by atoms with Crippen LogP contribution in [-0.4, -0.2) is 35.4 Å². The van der Waals surface area contributed by atoms with Gasteiger partial charge in [-0.05, 0) is 61.7 Å².